The van der Waals surface area contributed by atoms with Crippen LogP contribution in [0, 0.1) is 6.92 Å². The first-order valence-corrected chi connectivity index (χ1v) is 2.86. The molecule has 0 fully saturated rings. The molecule has 0 aliphatic rings. The molecule has 0 radical (unpaired) electrons. The van der Waals surface area contributed by atoms with Gasteiger partial charge in [0.2, 0.25) is 0 Å². The molecule has 2 aromatic rings. The van der Waals surface area contributed by atoms with Crippen LogP contribution < -0.4 is 0 Å². The van der Waals surface area contributed by atoms with Crippen LogP contribution in [0.5, 0.6) is 0 Å². The van der Waals surface area contributed by atoms with Gasteiger partial charge < -0.3 is 0 Å². The smallest absolute Gasteiger partial charge is 0.197 e. The van der Waals surface area contributed by atoms with Crippen molar-refractivity contribution in [2.45, 2.75) is 6.92 Å². The van der Waals surface area contributed by atoms with Gasteiger partial charge in [-0.15, -0.1) is 5.10 Å². The maximum Gasteiger partial charge on any atom is 0.197 e. The van der Waals surface area contributed by atoms with Crippen LogP contribution in [0.4, 0.5) is 0 Å². The summed E-state index contributed by atoms with van der Waals surface area (Å²) >= 11 is 0. The molecule has 0 saturated carbocycles. The molecule has 0 amide bonds. The number of aryl methyl sites for hydroxylation is 1. The van der Waals surface area contributed by atoms with E-state index in [9.17, 15) is 0 Å². The topological polar surface area (TPSA) is 56.0 Å². The summed E-state index contributed by atoms with van der Waals surface area (Å²) in [7, 11) is 0. The van der Waals surface area contributed by atoms with Crippen LogP contribution in [0.1, 0.15) is 5.69 Å². The van der Waals surface area contributed by atoms with Crippen molar-refractivity contribution in [3.05, 3.63) is 18.1 Å². The van der Waals surface area contributed by atoms with Crippen molar-refractivity contribution in [3.63, 3.8) is 0 Å². The predicted molar refractivity (Wildman–Crippen MR) is 33.3 cm³/mol. The average molecular weight is 135 g/mol. The number of hydrogen-bond acceptors (Lipinski definition) is 4. The molecule has 0 saturated heterocycles. The first-order valence-electron chi connectivity index (χ1n) is 2.86. The van der Waals surface area contributed by atoms with E-state index in [1.807, 2.05) is 6.92 Å². The fourth-order valence-corrected chi connectivity index (χ4v) is 0.747. The Balaban J connectivity index is 2.86. The molecule has 0 spiro atoms. The SMILES string of the molecule is Cc1cn2nnnc2cn1. The standard InChI is InChI=1S/C5H5N5/c1-4-3-10-5(2-6-4)7-8-9-10/h2-3H,1H3. The Hall–Kier alpha value is -1.52. The molecule has 0 atom stereocenters. The summed E-state index contributed by atoms with van der Waals surface area (Å²) in [6.07, 6.45) is 3.41. The van der Waals surface area contributed by atoms with Crippen molar-refractivity contribution in [2.75, 3.05) is 0 Å². The van der Waals surface area contributed by atoms with Crippen LogP contribution in [0.15, 0.2) is 12.4 Å². The van der Waals surface area contributed by atoms with Gasteiger partial charge >= 0.3 is 0 Å². The van der Waals surface area contributed by atoms with Gasteiger partial charge in [-0.1, -0.05) is 0 Å². The summed E-state index contributed by atoms with van der Waals surface area (Å²) in [5, 5.41) is 10.9. The molecule has 0 aromatic carbocycles. The Morgan fingerprint density at radius 2 is 2.40 bits per heavy atom. The number of tetrazole rings is 1. The third-order valence-corrected chi connectivity index (χ3v) is 1.21. The van der Waals surface area contributed by atoms with Crippen LogP contribution in [0.2, 0.25) is 0 Å². The van der Waals surface area contributed by atoms with Gasteiger partial charge in [-0.2, -0.15) is 4.52 Å². The van der Waals surface area contributed by atoms with Crippen LogP contribution in [-0.4, -0.2) is 25.0 Å². The van der Waals surface area contributed by atoms with E-state index in [1.54, 1.807) is 16.9 Å². The minimum atomic E-state index is 0.672. The zero-order valence-electron chi connectivity index (χ0n) is 5.39. The normalized spacial score (nSPS) is 10.5. The maximum absolute atomic E-state index is 4.02. The summed E-state index contributed by atoms with van der Waals surface area (Å²) in [5.74, 6) is 0. The summed E-state index contributed by atoms with van der Waals surface area (Å²) in [6.45, 7) is 1.89. The van der Waals surface area contributed by atoms with Crippen LogP contribution >= 0.6 is 0 Å². The number of fused-ring (bicyclic) bond motifs is 1. The maximum atomic E-state index is 4.02. The Morgan fingerprint density at radius 3 is 3.30 bits per heavy atom. The van der Waals surface area contributed by atoms with E-state index in [0.29, 0.717) is 5.65 Å². The minimum absolute atomic E-state index is 0.672. The second-order valence-electron chi connectivity index (χ2n) is 2.01. The van der Waals surface area contributed by atoms with Gasteiger partial charge in [-0.05, 0) is 17.4 Å². The lowest BCUT2D eigenvalue weighted by Crippen LogP contribution is -1.90. The van der Waals surface area contributed by atoms with Crippen molar-refractivity contribution in [3.8, 4) is 0 Å². The van der Waals surface area contributed by atoms with Crippen molar-refractivity contribution < 1.29 is 0 Å². The van der Waals surface area contributed by atoms with Gasteiger partial charge in [0.25, 0.3) is 0 Å². The molecule has 2 aromatic heterocycles. The number of rotatable bonds is 0. The minimum Gasteiger partial charge on any atom is -0.256 e. The summed E-state index contributed by atoms with van der Waals surface area (Å²) in [6, 6.07) is 0. The van der Waals surface area contributed by atoms with E-state index in [-0.39, 0.29) is 0 Å². The third-order valence-electron chi connectivity index (χ3n) is 1.21. The molecule has 0 bridgehead atoms. The molecule has 2 rings (SSSR count). The lowest BCUT2D eigenvalue weighted by atomic mass is 10.5. The van der Waals surface area contributed by atoms with Gasteiger partial charge in [-0.25, -0.2) is 0 Å². The van der Waals surface area contributed by atoms with Crippen molar-refractivity contribution in [1.82, 2.24) is 25.0 Å². The molecule has 0 unspecified atom stereocenters. The molecular weight excluding hydrogens is 130 g/mol. The second-order valence-corrected chi connectivity index (χ2v) is 2.01. The van der Waals surface area contributed by atoms with E-state index in [4.69, 9.17) is 0 Å². The van der Waals surface area contributed by atoms with Gasteiger partial charge in [-0.3, -0.25) is 4.98 Å². The molecule has 0 aliphatic carbocycles. The Kier molecular flexibility index (Phi) is 0.913. The number of hydrogen-bond donors (Lipinski definition) is 0. The highest BCUT2D eigenvalue weighted by Crippen LogP contribution is 1.93. The van der Waals surface area contributed by atoms with Crippen molar-refractivity contribution >= 4 is 5.65 Å². The molecule has 0 N–H and O–H groups in total. The first kappa shape index (κ1) is 5.28. The highest BCUT2D eigenvalue weighted by atomic mass is 15.5. The molecule has 50 valence electrons. The lowest BCUT2D eigenvalue weighted by molar-refractivity contribution is 0.815. The van der Waals surface area contributed by atoms with Crippen LogP contribution in [0.25, 0.3) is 5.65 Å². The van der Waals surface area contributed by atoms with Crippen LogP contribution in [0.3, 0.4) is 0 Å². The van der Waals surface area contributed by atoms with Crippen LogP contribution in [-0.2, 0) is 0 Å². The Labute approximate surface area is 56.7 Å². The summed E-state index contributed by atoms with van der Waals surface area (Å²) in [4.78, 5) is 4.02. The van der Waals surface area contributed by atoms with Crippen molar-refractivity contribution in [1.29, 1.82) is 0 Å². The number of aromatic nitrogens is 5. The monoisotopic (exact) mass is 135 g/mol. The predicted octanol–water partition coefficient (Wildman–Crippen LogP) is -0.172. The molecule has 10 heavy (non-hydrogen) atoms. The van der Waals surface area contributed by atoms with Gasteiger partial charge in [0.05, 0.1) is 18.1 Å². The average Bonchev–Trinajstić information content (AvgIpc) is 2.33. The second kappa shape index (κ2) is 1.73. The largest absolute Gasteiger partial charge is 0.256 e. The third kappa shape index (κ3) is 0.637. The van der Waals surface area contributed by atoms with E-state index < -0.39 is 0 Å². The zero-order valence-corrected chi connectivity index (χ0v) is 5.39. The number of nitrogens with zero attached hydrogens (tertiary/aromatic N) is 5. The molecule has 5 heteroatoms. The van der Waals surface area contributed by atoms with E-state index in [1.165, 1.54) is 0 Å². The molecule has 5 nitrogen and oxygen atoms in total. The highest BCUT2D eigenvalue weighted by Gasteiger charge is 1.94. The fourth-order valence-electron chi connectivity index (χ4n) is 0.747. The van der Waals surface area contributed by atoms with Gasteiger partial charge in [0, 0.05) is 0 Å². The van der Waals surface area contributed by atoms with Crippen molar-refractivity contribution in [2.24, 2.45) is 0 Å². The van der Waals surface area contributed by atoms with E-state index in [0.717, 1.165) is 5.69 Å². The molecule has 2 heterocycles. The lowest BCUT2D eigenvalue weighted by Gasteiger charge is -1.88. The fraction of sp³-hybridized carbons (Fsp3) is 0.200. The zero-order chi connectivity index (χ0) is 6.97. The van der Waals surface area contributed by atoms with Gasteiger partial charge in [0.15, 0.2) is 5.65 Å². The summed E-state index contributed by atoms with van der Waals surface area (Å²) in [5.41, 5.74) is 1.57. The quantitative estimate of drug-likeness (QED) is 0.503. The summed E-state index contributed by atoms with van der Waals surface area (Å²) < 4.78 is 1.59. The van der Waals surface area contributed by atoms with E-state index >= 15 is 0 Å². The Morgan fingerprint density at radius 1 is 1.50 bits per heavy atom. The van der Waals surface area contributed by atoms with E-state index in [2.05, 4.69) is 20.5 Å². The first-order chi connectivity index (χ1) is 4.86. The van der Waals surface area contributed by atoms with Gasteiger partial charge in [0.1, 0.15) is 0 Å². The Bertz CT molecular complexity index is 352. The molecule has 0 aliphatic heterocycles. The molecular formula is C5H5N5. The highest BCUT2D eigenvalue weighted by molar-refractivity contribution is 5.30.